The fourth-order valence-electron chi connectivity index (χ4n) is 4.01. The third kappa shape index (κ3) is 7.14. The molecule has 188 valence electrons. The molecule has 11 heteroatoms. The Morgan fingerprint density at radius 1 is 1.24 bits per heavy atom. The van der Waals surface area contributed by atoms with Crippen LogP contribution in [0.5, 0.6) is 5.75 Å². The first-order valence-electron chi connectivity index (χ1n) is 11.4. The zero-order valence-electron chi connectivity index (χ0n) is 20.1. The van der Waals surface area contributed by atoms with Crippen LogP contribution in [0, 0.1) is 0 Å². The van der Waals surface area contributed by atoms with Gasteiger partial charge in [-0.15, -0.1) is 11.3 Å². The molecule has 0 spiro atoms. The van der Waals surface area contributed by atoms with Gasteiger partial charge in [-0.25, -0.2) is 22.9 Å². The zero-order valence-corrected chi connectivity index (χ0v) is 21.7. The zero-order chi connectivity index (χ0) is 24.9. The second-order valence-corrected chi connectivity index (χ2v) is 12.2. The van der Waals surface area contributed by atoms with E-state index in [1.807, 2.05) is 7.05 Å². The molecule has 1 saturated carbocycles. The smallest absolute Gasteiger partial charge is 0.404 e. The maximum absolute atomic E-state index is 13.3. The minimum absolute atomic E-state index is 0.0242. The average Bonchev–Trinajstić information content (AvgIpc) is 3.22. The van der Waals surface area contributed by atoms with Crippen LogP contribution in [0.1, 0.15) is 57.4 Å². The first-order chi connectivity index (χ1) is 16.0. The lowest BCUT2D eigenvalue weighted by Gasteiger charge is -2.27. The largest absolute Gasteiger partial charge is 0.492 e. The van der Waals surface area contributed by atoms with E-state index in [9.17, 15) is 13.2 Å². The Balaban J connectivity index is 1.87. The minimum atomic E-state index is -3.81. The molecule has 1 aliphatic carbocycles. The number of nitrogens with zero attached hydrogens (tertiary/aromatic N) is 1. The van der Waals surface area contributed by atoms with Crippen molar-refractivity contribution in [3.05, 3.63) is 29.4 Å². The van der Waals surface area contributed by atoms with E-state index < -0.39 is 21.7 Å². The summed E-state index contributed by atoms with van der Waals surface area (Å²) in [6.07, 6.45) is 3.95. The van der Waals surface area contributed by atoms with Crippen molar-refractivity contribution < 1.29 is 23.1 Å². The van der Waals surface area contributed by atoms with Crippen LogP contribution in [0.2, 0.25) is 0 Å². The van der Waals surface area contributed by atoms with Crippen LogP contribution < -0.4 is 20.1 Å². The number of hydrogen-bond donors (Lipinski definition) is 4. The molecule has 34 heavy (non-hydrogen) atoms. The molecule has 0 bridgehead atoms. The van der Waals surface area contributed by atoms with Gasteiger partial charge in [0.05, 0.1) is 14.8 Å². The molecule has 1 heterocycles. The number of hydrogen-bond acceptors (Lipinski definition) is 7. The van der Waals surface area contributed by atoms with Gasteiger partial charge in [0, 0.05) is 41.9 Å². The summed E-state index contributed by atoms with van der Waals surface area (Å²) in [6, 6.07) is 5.10. The summed E-state index contributed by atoms with van der Waals surface area (Å²) in [5.74, 6) is 0.727. The lowest BCUT2D eigenvalue weighted by atomic mass is 9.86. The van der Waals surface area contributed by atoms with Gasteiger partial charge >= 0.3 is 6.09 Å². The average molecular weight is 511 g/mol. The first-order valence-corrected chi connectivity index (χ1v) is 13.7. The molecular formula is C23H34N4O5S2. The molecule has 2 aromatic rings. The Kier molecular flexibility index (Phi) is 8.56. The highest BCUT2D eigenvalue weighted by atomic mass is 32.2. The second kappa shape index (κ2) is 11.0. The van der Waals surface area contributed by atoms with Crippen molar-refractivity contribution in [2.24, 2.45) is 0 Å². The number of rotatable bonds is 9. The van der Waals surface area contributed by atoms with Crippen molar-refractivity contribution in [3.8, 4) is 16.2 Å². The van der Waals surface area contributed by atoms with Gasteiger partial charge in [-0.05, 0) is 65.6 Å². The molecule has 0 unspecified atom stereocenters. The summed E-state index contributed by atoms with van der Waals surface area (Å²) >= 11 is 1.49. The molecule has 1 aliphatic rings. The van der Waals surface area contributed by atoms with Crippen LogP contribution >= 0.6 is 11.3 Å². The van der Waals surface area contributed by atoms with Crippen LogP contribution in [0.25, 0.3) is 10.4 Å². The number of thiazole rings is 1. The molecule has 1 fully saturated rings. The number of amides is 1. The molecule has 0 aliphatic heterocycles. The summed E-state index contributed by atoms with van der Waals surface area (Å²) in [5.41, 5.74) is -0.0525. The quantitative estimate of drug-likeness (QED) is 0.378. The Hall–Kier alpha value is -2.21. The van der Waals surface area contributed by atoms with Gasteiger partial charge in [0.1, 0.15) is 12.4 Å². The van der Waals surface area contributed by atoms with E-state index in [0.29, 0.717) is 24.5 Å². The fraction of sp³-hybridized carbons (Fsp3) is 0.565. The predicted molar refractivity (Wildman–Crippen MR) is 133 cm³/mol. The summed E-state index contributed by atoms with van der Waals surface area (Å²) in [6.45, 7) is 6.48. The third-order valence-electron chi connectivity index (χ3n) is 5.50. The van der Waals surface area contributed by atoms with Crippen LogP contribution in [0.4, 0.5) is 4.79 Å². The van der Waals surface area contributed by atoms with Crippen molar-refractivity contribution in [2.75, 3.05) is 20.2 Å². The van der Waals surface area contributed by atoms with Gasteiger partial charge in [-0.3, -0.25) is 0 Å². The van der Waals surface area contributed by atoms with Crippen LogP contribution in [0.15, 0.2) is 29.3 Å². The maximum Gasteiger partial charge on any atom is 0.404 e. The number of carboxylic acid groups (broad SMARTS) is 1. The Bertz CT molecular complexity index is 1090. The van der Waals surface area contributed by atoms with Gasteiger partial charge in [0.25, 0.3) is 0 Å². The van der Waals surface area contributed by atoms with Crippen molar-refractivity contribution in [2.45, 2.75) is 68.8 Å². The normalized spacial score (nSPS) is 19.1. The van der Waals surface area contributed by atoms with Crippen molar-refractivity contribution in [1.29, 1.82) is 0 Å². The van der Waals surface area contributed by atoms with E-state index in [-0.39, 0.29) is 16.9 Å². The SMILES string of the molecule is CNCCOc1ccc(-c2cnc(C3CCC(NC(=O)O)CC3)s2)c(S(=O)(=O)NC(C)(C)C)c1. The van der Waals surface area contributed by atoms with E-state index in [1.165, 1.54) is 11.3 Å². The number of aromatic nitrogens is 1. The van der Waals surface area contributed by atoms with Gasteiger partial charge in [0.2, 0.25) is 10.0 Å². The number of likely N-dealkylation sites (N-methyl/N-ethyl adjacent to an activating group) is 1. The van der Waals surface area contributed by atoms with Gasteiger partial charge in [-0.1, -0.05) is 0 Å². The van der Waals surface area contributed by atoms with E-state index >= 15 is 0 Å². The lowest BCUT2D eigenvalue weighted by Crippen LogP contribution is -2.40. The topological polar surface area (TPSA) is 130 Å². The van der Waals surface area contributed by atoms with Gasteiger partial charge in [-0.2, -0.15) is 0 Å². The summed E-state index contributed by atoms with van der Waals surface area (Å²) in [4.78, 5) is 16.4. The number of carbonyl (C=O) groups is 1. The molecule has 4 N–H and O–H groups in total. The lowest BCUT2D eigenvalue weighted by molar-refractivity contribution is 0.185. The summed E-state index contributed by atoms with van der Waals surface area (Å²) in [7, 11) is -1.99. The van der Waals surface area contributed by atoms with E-state index in [0.717, 1.165) is 35.6 Å². The standard InChI is InChI=1S/C23H34N4O5S2/c1-23(2,3)27-34(30,31)20-13-17(32-12-11-24-4)9-10-18(20)19-14-25-21(33-19)15-5-7-16(8-6-15)26-22(28)29/h9-10,13-16,24,26-27H,5-8,11-12H2,1-4H3,(H,28,29). The Labute approximate surface area is 205 Å². The van der Waals surface area contributed by atoms with Crippen molar-refractivity contribution >= 4 is 27.5 Å². The number of benzene rings is 1. The maximum atomic E-state index is 13.3. The number of ether oxygens (including phenoxy) is 1. The van der Waals surface area contributed by atoms with Crippen molar-refractivity contribution in [1.82, 2.24) is 20.3 Å². The molecule has 0 radical (unpaired) electrons. The number of nitrogens with one attached hydrogen (secondary N) is 3. The molecule has 1 aromatic carbocycles. The van der Waals surface area contributed by atoms with Crippen LogP contribution in [0.3, 0.4) is 0 Å². The minimum Gasteiger partial charge on any atom is -0.492 e. The summed E-state index contributed by atoms with van der Waals surface area (Å²) in [5, 5.41) is 15.4. The van der Waals surface area contributed by atoms with E-state index in [4.69, 9.17) is 9.84 Å². The fourth-order valence-corrected chi connectivity index (χ4v) is 6.85. The molecule has 1 aromatic heterocycles. The third-order valence-corrected chi connectivity index (χ3v) is 8.49. The molecule has 1 amide bonds. The van der Waals surface area contributed by atoms with Crippen LogP contribution in [-0.4, -0.2) is 56.4 Å². The van der Waals surface area contributed by atoms with Crippen molar-refractivity contribution in [3.63, 3.8) is 0 Å². The summed E-state index contributed by atoms with van der Waals surface area (Å²) < 4.78 is 35.1. The molecule has 0 atom stereocenters. The van der Waals surface area contributed by atoms with E-state index in [2.05, 4.69) is 20.3 Å². The van der Waals surface area contributed by atoms with Gasteiger partial charge in [0.15, 0.2) is 0 Å². The highest BCUT2D eigenvalue weighted by Gasteiger charge is 2.28. The first kappa shape index (κ1) is 26.4. The highest BCUT2D eigenvalue weighted by molar-refractivity contribution is 7.89. The molecule has 0 saturated heterocycles. The highest BCUT2D eigenvalue weighted by Crippen LogP contribution is 2.40. The second-order valence-electron chi connectivity index (χ2n) is 9.53. The molecule has 3 rings (SSSR count). The molecule has 9 nitrogen and oxygen atoms in total. The van der Waals surface area contributed by atoms with Gasteiger partial charge < -0.3 is 20.5 Å². The van der Waals surface area contributed by atoms with E-state index in [1.54, 1.807) is 45.2 Å². The van der Waals surface area contributed by atoms with Crippen LogP contribution in [-0.2, 0) is 10.0 Å². The Morgan fingerprint density at radius 3 is 2.56 bits per heavy atom. The Morgan fingerprint density at radius 2 is 1.94 bits per heavy atom. The monoisotopic (exact) mass is 510 g/mol. The number of sulfonamides is 1. The predicted octanol–water partition coefficient (Wildman–Crippen LogP) is 3.78. The molecular weight excluding hydrogens is 476 g/mol.